The molecular formula is C24H34O3. The molecule has 0 aliphatic carbocycles. The van der Waals surface area contributed by atoms with Crippen LogP contribution in [-0.2, 0) is 10.2 Å². The molecule has 2 aromatic rings. The van der Waals surface area contributed by atoms with Crippen molar-refractivity contribution in [2.75, 3.05) is 6.61 Å². The maximum Gasteiger partial charge on any atom is 0.119 e. The number of rotatable bonds is 5. The van der Waals surface area contributed by atoms with E-state index in [1.165, 1.54) is 11.1 Å². The van der Waals surface area contributed by atoms with Crippen LogP contribution in [-0.4, -0.2) is 23.9 Å². The highest BCUT2D eigenvalue weighted by atomic mass is 16.6. The van der Waals surface area contributed by atoms with Crippen LogP contribution in [0, 0.1) is 5.92 Å². The monoisotopic (exact) mass is 370 g/mol. The normalized spacial score (nSPS) is 19.1. The van der Waals surface area contributed by atoms with Gasteiger partial charge >= 0.3 is 0 Å². The Bertz CT molecular complexity index is 678. The van der Waals surface area contributed by atoms with Crippen molar-refractivity contribution in [2.45, 2.75) is 65.6 Å². The fourth-order valence-electron chi connectivity index (χ4n) is 3.00. The Hall–Kier alpha value is -2.00. The maximum atomic E-state index is 9.45. The smallest absolute Gasteiger partial charge is 0.119 e. The third-order valence-corrected chi connectivity index (χ3v) is 4.62. The maximum absolute atomic E-state index is 9.45. The van der Waals surface area contributed by atoms with Gasteiger partial charge in [0.15, 0.2) is 0 Å². The molecule has 2 aromatic carbocycles. The van der Waals surface area contributed by atoms with E-state index in [0.717, 1.165) is 18.1 Å². The molecular weight excluding hydrogens is 336 g/mol. The summed E-state index contributed by atoms with van der Waals surface area (Å²) in [6.45, 7) is 13.6. The first-order chi connectivity index (χ1) is 12.7. The molecule has 0 bridgehead atoms. The fraction of sp³-hybridized carbons (Fsp3) is 0.500. The molecule has 3 nitrogen and oxygen atoms in total. The Morgan fingerprint density at radius 1 is 1.00 bits per heavy atom. The van der Waals surface area contributed by atoms with Crippen molar-refractivity contribution in [1.82, 2.24) is 0 Å². The number of phenols is 1. The van der Waals surface area contributed by atoms with Gasteiger partial charge in [-0.15, -0.1) is 0 Å². The average Bonchev–Trinajstić information content (AvgIpc) is 2.58. The molecule has 3 rings (SSSR count). The molecule has 3 heteroatoms. The minimum Gasteiger partial charge on any atom is -0.508 e. The van der Waals surface area contributed by atoms with Gasteiger partial charge in [0.2, 0.25) is 0 Å². The molecule has 1 aliphatic heterocycles. The molecule has 0 radical (unpaired) electrons. The van der Waals surface area contributed by atoms with E-state index in [1.807, 2.05) is 24.3 Å². The summed E-state index contributed by atoms with van der Waals surface area (Å²) in [4.78, 5) is 0. The SMILES string of the molecule is CC(C)C.CC1CC(COc2ccc(C(C)(C)c3ccc(O)cc3)cc2)O1. The van der Waals surface area contributed by atoms with Crippen molar-refractivity contribution in [3.05, 3.63) is 59.7 Å². The van der Waals surface area contributed by atoms with Gasteiger partial charge in [-0.05, 0) is 48.2 Å². The summed E-state index contributed by atoms with van der Waals surface area (Å²) >= 11 is 0. The summed E-state index contributed by atoms with van der Waals surface area (Å²) in [5.41, 5.74) is 2.25. The predicted molar refractivity (Wildman–Crippen MR) is 112 cm³/mol. The molecule has 0 spiro atoms. The standard InChI is InChI=1S/C20H24O3.C4H10/c1-14-12-19(23-14)13-22-18-10-6-16(7-11-18)20(2,3)15-4-8-17(21)9-5-15;1-4(2)3/h4-11,14,19,21H,12-13H2,1-3H3;4H,1-3H3. The van der Waals surface area contributed by atoms with Crippen molar-refractivity contribution >= 4 is 0 Å². The van der Waals surface area contributed by atoms with Crippen molar-refractivity contribution in [2.24, 2.45) is 5.92 Å². The van der Waals surface area contributed by atoms with Crippen LogP contribution in [0.2, 0.25) is 0 Å². The van der Waals surface area contributed by atoms with E-state index in [0.29, 0.717) is 18.5 Å². The van der Waals surface area contributed by atoms with Gasteiger partial charge in [-0.3, -0.25) is 0 Å². The van der Waals surface area contributed by atoms with E-state index in [9.17, 15) is 5.11 Å². The summed E-state index contributed by atoms with van der Waals surface area (Å²) in [5, 5.41) is 9.45. The molecule has 148 valence electrons. The van der Waals surface area contributed by atoms with Crippen LogP contribution in [0.5, 0.6) is 11.5 Å². The van der Waals surface area contributed by atoms with E-state index >= 15 is 0 Å². The highest BCUT2D eigenvalue weighted by Gasteiger charge is 2.27. The van der Waals surface area contributed by atoms with Gasteiger partial charge in [0.1, 0.15) is 18.1 Å². The van der Waals surface area contributed by atoms with E-state index < -0.39 is 0 Å². The van der Waals surface area contributed by atoms with Gasteiger partial charge < -0.3 is 14.6 Å². The molecule has 0 aromatic heterocycles. The predicted octanol–water partition coefficient (Wildman–Crippen LogP) is 5.94. The summed E-state index contributed by atoms with van der Waals surface area (Å²) in [5.74, 6) is 2.00. The number of ether oxygens (including phenoxy) is 2. The molecule has 0 amide bonds. The van der Waals surface area contributed by atoms with Gasteiger partial charge in [-0.25, -0.2) is 0 Å². The van der Waals surface area contributed by atoms with Gasteiger partial charge in [-0.1, -0.05) is 58.9 Å². The Morgan fingerprint density at radius 3 is 1.89 bits per heavy atom. The van der Waals surface area contributed by atoms with Gasteiger partial charge in [0, 0.05) is 11.8 Å². The topological polar surface area (TPSA) is 38.7 Å². The van der Waals surface area contributed by atoms with Crippen LogP contribution in [0.4, 0.5) is 0 Å². The molecule has 1 saturated heterocycles. The number of hydrogen-bond donors (Lipinski definition) is 1. The zero-order valence-electron chi connectivity index (χ0n) is 17.5. The lowest BCUT2D eigenvalue weighted by molar-refractivity contribution is -0.128. The number of benzene rings is 2. The van der Waals surface area contributed by atoms with Gasteiger partial charge in [0.25, 0.3) is 0 Å². The first-order valence-corrected chi connectivity index (χ1v) is 9.86. The molecule has 1 fully saturated rings. The zero-order valence-corrected chi connectivity index (χ0v) is 17.5. The Morgan fingerprint density at radius 2 is 1.44 bits per heavy atom. The molecule has 2 unspecified atom stereocenters. The molecule has 1 aliphatic rings. The second-order valence-electron chi connectivity index (χ2n) is 8.54. The molecule has 0 saturated carbocycles. The highest BCUT2D eigenvalue weighted by molar-refractivity contribution is 5.41. The Balaban J connectivity index is 0.000000596. The average molecular weight is 371 g/mol. The zero-order chi connectivity index (χ0) is 20.0. The van der Waals surface area contributed by atoms with E-state index in [4.69, 9.17) is 9.47 Å². The lowest BCUT2D eigenvalue weighted by Crippen LogP contribution is -2.39. The molecule has 27 heavy (non-hydrogen) atoms. The van der Waals surface area contributed by atoms with E-state index in [-0.39, 0.29) is 11.5 Å². The van der Waals surface area contributed by atoms with Crippen LogP contribution >= 0.6 is 0 Å². The van der Waals surface area contributed by atoms with Crippen molar-refractivity contribution < 1.29 is 14.6 Å². The quantitative estimate of drug-likeness (QED) is 0.708. The molecule has 2 atom stereocenters. The third kappa shape index (κ3) is 6.28. The molecule has 1 N–H and O–H groups in total. The Kier molecular flexibility index (Phi) is 7.32. The third-order valence-electron chi connectivity index (χ3n) is 4.62. The van der Waals surface area contributed by atoms with Crippen molar-refractivity contribution in [1.29, 1.82) is 0 Å². The summed E-state index contributed by atoms with van der Waals surface area (Å²) in [6, 6.07) is 15.6. The summed E-state index contributed by atoms with van der Waals surface area (Å²) in [7, 11) is 0. The number of hydrogen-bond acceptors (Lipinski definition) is 3. The largest absolute Gasteiger partial charge is 0.508 e. The summed E-state index contributed by atoms with van der Waals surface area (Å²) < 4.78 is 11.4. The van der Waals surface area contributed by atoms with Crippen LogP contribution < -0.4 is 4.74 Å². The van der Waals surface area contributed by atoms with Gasteiger partial charge in [-0.2, -0.15) is 0 Å². The molecule has 1 heterocycles. The fourth-order valence-corrected chi connectivity index (χ4v) is 3.00. The van der Waals surface area contributed by atoms with Crippen LogP contribution in [0.1, 0.15) is 59.1 Å². The van der Waals surface area contributed by atoms with Crippen LogP contribution in [0.3, 0.4) is 0 Å². The van der Waals surface area contributed by atoms with Gasteiger partial charge in [0.05, 0.1) is 12.2 Å². The minimum absolute atomic E-state index is 0.126. The van der Waals surface area contributed by atoms with E-state index in [2.05, 4.69) is 53.7 Å². The van der Waals surface area contributed by atoms with Crippen LogP contribution in [0.25, 0.3) is 0 Å². The second kappa shape index (κ2) is 9.27. The van der Waals surface area contributed by atoms with Crippen LogP contribution in [0.15, 0.2) is 48.5 Å². The summed E-state index contributed by atoms with van der Waals surface area (Å²) in [6.07, 6.45) is 1.68. The number of aromatic hydroxyl groups is 1. The lowest BCUT2D eigenvalue weighted by Gasteiger charge is -2.33. The first kappa shape index (κ1) is 21.3. The first-order valence-electron chi connectivity index (χ1n) is 9.86. The highest BCUT2D eigenvalue weighted by Crippen LogP contribution is 2.33. The van der Waals surface area contributed by atoms with Crippen molar-refractivity contribution in [3.8, 4) is 11.5 Å². The van der Waals surface area contributed by atoms with E-state index in [1.54, 1.807) is 12.1 Å². The Labute approximate surface area is 164 Å². The van der Waals surface area contributed by atoms with Crippen molar-refractivity contribution in [3.63, 3.8) is 0 Å². The number of phenolic OH excluding ortho intramolecular Hbond substituents is 1. The lowest BCUT2D eigenvalue weighted by atomic mass is 9.78. The second-order valence-corrected chi connectivity index (χ2v) is 8.54. The minimum atomic E-state index is -0.126.